The lowest BCUT2D eigenvalue weighted by atomic mass is 9.99. The standard InChI is InChI=1S/C32H33F2N5O2/c1-4-41-24-18-27(33)26(28(34)19-24)20-37-29-10-6-5-9-25(29)30(35)31-21(2)11-12-22(8-7-17-40-3)32(39-31)38-23-13-15-36-16-14-23/h5-6,9-10,12-16,18-19,35,37H,4,7-8,17,20H2,1-3H3,(H,36,38). The van der Waals surface area contributed by atoms with E-state index in [1.807, 2.05) is 25.1 Å². The zero-order valence-corrected chi connectivity index (χ0v) is 23.4. The minimum absolute atomic E-state index is 0.117. The predicted octanol–water partition coefficient (Wildman–Crippen LogP) is 7.04. The van der Waals surface area contributed by atoms with Crippen molar-refractivity contribution in [2.75, 3.05) is 31.0 Å². The number of anilines is 2. The second kappa shape index (κ2) is 14.2. The molecule has 0 saturated carbocycles. The molecule has 0 radical (unpaired) electrons. The molecule has 41 heavy (non-hydrogen) atoms. The zero-order chi connectivity index (χ0) is 29.2. The maximum Gasteiger partial charge on any atom is 0.135 e. The SMILES string of the molecule is CCOc1cc(F)c(CNc2ccccc2C(=N)C2=NC(Nc3ccncc3)=C(CCCOC)C=C=C2C)c(F)c1. The van der Waals surface area contributed by atoms with Crippen LogP contribution in [0.2, 0.25) is 0 Å². The third kappa shape index (κ3) is 7.54. The van der Waals surface area contributed by atoms with Crippen LogP contribution in [0.4, 0.5) is 20.2 Å². The average molecular weight is 558 g/mol. The molecule has 9 heteroatoms. The molecule has 1 aliphatic heterocycles. The number of nitrogens with one attached hydrogen (secondary N) is 3. The van der Waals surface area contributed by atoms with Crippen molar-refractivity contribution in [1.29, 1.82) is 5.41 Å². The van der Waals surface area contributed by atoms with Gasteiger partial charge in [-0.2, -0.15) is 0 Å². The predicted molar refractivity (Wildman–Crippen MR) is 159 cm³/mol. The third-order valence-corrected chi connectivity index (χ3v) is 6.40. The Hall–Kier alpha value is -4.59. The molecule has 212 valence electrons. The van der Waals surface area contributed by atoms with E-state index in [0.29, 0.717) is 48.0 Å². The molecule has 3 N–H and O–H groups in total. The number of benzene rings is 2. The summed E-state index contributed by atoms with van der Waals surface area (Å²) < 4.78 is 39.9. The van der Waals surface area contributed by atoms with Crippen LogP contribution in [0.5, 0.6) is 5.75 Å². The number of allylic oxidation sites excluding steroid dienone is 2. The summed E-state index contributed by atoms with van der Waals surface area (Å²) in [6.07, 6.45) is 6.75. The minimum atomic E-state index is -0.705. The summed E-state index contributed by atoms with van der Waals surface area (Å²) in [5.41, 5.74) is 7.23. The van der Waals surface area contributed by atoms with E-state index in [1.165, 1.54) is 12.1 Å². The van der Waals surface area contributed by atoms with Gasteiger partial charge >= 0.3 is 0 Å². The van der Waals surface area contributed by atoms with E-state index < -0.39 is 11.6 Å². The molecule has 0 amide bonds. The van der Waals surface area contributed by atoms with Crippen LogP contribution >= 0.6 is 0 Å². The number of aromatic nitrogens is 1. The molecule has 0 atom stereocenters. The summed E-state index contributed by atoms with van der Waals surface area (Å²) in [4.78, 5) is 8.99. The Balaban J connectivity index is 1.65. The van der Waals surface area contributed by atoms with Crippen LogP contribution in [-0.2, 0) is 11.3 Å². The molecule has 0 aliphatic carbocycles. The van der Waals surface area contributed by atoms with Gasteiger partial charge in [0.15, 0.2) is 0 Å². The molecule has 0 spiro atoms. The molecule has 0 saturated heterocycles. The van der Waals surface area contributed by atoms with E-state index in [4.69, 9.17) is 19.9 Å². The lowest BCUT2D eigenvalue weighted by molar-refractivity contribution is 0.195. The van der Waals surface area contributed by atoms with Crippen molar-refractivity contribution in [1.82, 2.24) is 4.98 Å². The fourth-order valence-corrected chi connectivity index (χ4v) is 4.29. The molecule has 3 aromatic rings. The number of aliphatic imine (C=N–C) groups is 1. The highest BCUT2D eigenvalue weighted by Crippen LogP contribution is 2.26. The van der Waals surface area contributed by atoms with Gasteiger partial charge in [-0.25, -0.2) is 13.8 Å². The van der Waals surface area contributed by atoms with Crippen molar-refractivity contribution in [3.63, 3.8) is 0 Å². The second-order valence-electron chi connectivity index (χ2n) is 9.28. The van der Waals surface area contributed by atoms with Gasteiger partial charge in [0.05, 0.1) is 12.3 Å². The van der Waals surface area contributed by atoms with E-state index in [0.717, 1.165) is 17.7 Å². The van der Waals surface area contributed by atoms with Crippen molar-refractivity contribution in [3.8, 4) is 5.75 Å². The van der Waals surface area contributed by atoms with Crippen molar-refractivity contribution in [2.45, 2.75) is 33.2 Å². The van der Waals surface area contributed by atoms with Gasteiger partial charge in [-0.15, -0.1) is 5.73 Å². The number of hydrogen-bond donors (Lipinski definition) is 3. The Kier molecular flexibility index (Phi) is 10.2. The monoisotopic (exact) mass is 557 g/mol. The van der Waals surface area contributed by atoms with Crippen molar-refractivity contribution in [2.24, 2.45) is 4.99 Å². The summed E-state index contributed by atoms with van der Waals surface area (Å²) in [6.45, 7) is 4.39. The third-order valence-electron chi connectivity index (χ3n) is 6.40. The summed E-state index contributed by atoms with van der Waals surface area (Å²) in [6, 6.07) is 13.2. The Morgan fingerprint density at radius 2 is 1.80 bits per heavy atom. The number of ether oxygens (including phenoxy) is 2. The van der Waals surface area contributed by atoms with E-state index in [9.17, 15) is 8.78 Å². The lowest BCUT2D eigenvalue weighted by Crippen LogP contribution is -2.19. The molecular formula is C32H33F2N5O2. The van der Waals surface area contributed by atoms with E-state index in [1.54, 1.807) is 50.7 Å². The highest BCUT2D eigenvalue weighted by atomic mass is 19.1. The van der Waals surface area contributed by atoms with Crippen LogP contribution in [0.3, 0.4) is 0 Å². The zero-order valence-electron chi connectivity index (χ0n) is 23.4. The average Bonchev–Trinajstić information content (AvgIpc) is 3.12. The smallest absolute Gasteiger partial charge is 0.135 e. The lowest BCUT2D eigenvalue weighted by Gasteiger charge is -2.16. The number of para-hydroxylation sites is 1. The Labute approximate surface area is 238 Å². The van der Waals surface area contributed by atoms with Gasteiger partial charge in [0.1, 0.15) is 28.9 Å². The quantitative estimate of drug-likeness (QED) is 0.119. The first-order valence-corrected chi connectivity index (χ1v) is 13.4. The number of rotatable bonds is 13. The van der Waals surface area contributed by atoms with Crippen LogP contribution in [0.1, 0.15) is 37.8 Å². The van der Waals surface area contributed by atoms with Gasteiger partial charge in [-0.3, -0.25) is 10.4 Å². The van der Waals surface area contributed by atoms with E-state index >= 15 is 0 Å². The van der Waals surface area contributed by atoms with Crippen LogP contribution in [-0.4, -0.2) is 36.7 Å². The number of halogens is 2. The minimum Gasteiger partial charge on any atom is -0.494 e. The van der Waals surface area contributed by atoms with Crippen molar-refractivity contribution >= 4 is 22.8 Å². The van der Waals surface area contributed by atoms with Gasteiger partial charge in [0.2, 0.25) is 0 Å². The molecule has 2 aromatic carbocycles. The number of pyridine rings is 1. The maximum atomic E-state index is 14.7. The first-order valence-electron chi connectivity index (χ1n) is 13.4. The van der Waals surface area contributed by atoms with E-state index in [2.05, 4.69) is 21.3 Å². The second-order valence-corrected chi connectivity index (χ2v) is 9.28. The first kappa shape index (κ1) is 29.4. The van der Waals surface area contributed by atoms with Crippen molar-refractivity contribution in [3.05, 3.63) is 112 Å². The van der Waals surface area contributed by atoms with Crippen LogP contribution in [0.25, 0.3) is 0 Å². The highest BCUT2D eigenvalue weighted by molar-refractivity contribution is 6.53. The molecule has 1 aliphatic rings. The highest BCUT2D eigenvalue weighted by Gasteiger charge is 2.20. The molecule has 2 heterocycles. The van der Waals surface area contributed by atoms with Crippen molar-refractivity contribution < 1.29 is 18.3 Å². The van der Waals surface area contributed by atoms with Gasteiger partial charge in [-0.05, 0) is 51.0 Å². The van der Waals surface area contributed by atoms with E-state index in [-0.39, 0.29) is 23.6 Å². The van der Waals surface area contributed by atoms with Crippen LogP contribution in [0, 0.1) is 17.0 Å². The van der Waals surface area contributed by atoms with Gasteiger partial charge in [0, 0.05) is 78.4 Å². The summed E-state index contributed by atoms with van der Waals surface area (Å²) >= 11 is 0. The normalized spacial score (nSPS) is 12.9. The summed E-state index contributed by atoms with van der Waals surface area (Å²) in [5, 5.41) is 15.6. The van der Waals surface area contributed by atoms with Gasteiger partial charge in [-0.1, -0.05) is 18.2 Å². The summed E-state index contributed by atoms with van der Waals surface area (Å²) in [5.74, 6) is -0.673. The number of hydrogen-bond acceptors (Lipinski definition) is 7. The van der Waals surface area contributed by atoms with Gasteiger partial charge < -0.3 is 20.1 Å². The maximum absolute atomic E-state index is 14.7. The molecule has 0 fully saturated rings. The molecule has 0 bridgehead atoms. The molecule has 7 nitrogen and oxygen atoms in total. The topological polar surface area (TPSA) is 91.6 Å². The Morgan fingerprint density at radius 1 is 1.07 bits per heavy atom. The fraction of sp³-hybridized carbons (Fsp3) is 0.250. The fourth-order valence-electron chi connectivity index (χ4n) is 4.29. The summed E-state index contributed by atoms with van der Waals surface area (Å²) in [7, 11) is 1.67. The first-order chi connectivity index (χ1) is 19.9. The number of nitrogens with zero attached hydrogens (tertiary/aromatic N) is 2. The molecule has 0 unspecified atom stereocenters. The largest absolute Gasteiger partial charge is 0.494 e. The number of methoxy groups -OCH3 is 1. The Bertz CT molecular complexity index is 1500. The van der Waals surface area contributed by atoms with Crippen LogP contribution in [0.15, 0.2) is 94.7 Å². The van der Waals surface area contributed by atoms with Crippen LogP contribution < -0.4 is 15.4 Å². The Morgan fingerprint density at radius 3 is 2.51 bits per heavy atom. The molecular weight excluding hydrogens is 524 g/mol. The molecule has 1 aromatic heterocycles. The molecule has 4 rings (SSSR count). The van der Waals surface area contributed by atoms with Gasteiger partial charge in [0.25, 0.3) is 0 Å².